The first-order chi connectivity index (χ1) is 12.8. The van der Waals surface area contributed by atoms with E-state index in [2.05, 4.69) is 25.9 Å². The van der Waals surface area contributed by atoms with Crippen molar-refractivity contribution in [2.75, 3.05) is 0 Å². The highest BCUT2D eigenvalue weighted by Crippen LogP contribution is 2.21. The number of phenols is 1. The number of pyridine rings is 1. The Morgan fingerprint density at radius 3 is 2.41 bits per heavy atom. The number of hydrogen-bond donors (Lipinski definition) is 2. The molecular formula is C19H13BrCl2N2O3. The van der Waals surface area contributed by atoms with Crippen molar-refractivity contribution in [3.05, 3.63) is 86.6 Å². The van der Waals surface area contributed by atoms with E-state index in [1.807, 2.05) is 12.1 Å². The maximum Gasteiger partial charge on any atom is 0.335 e. The van der Waals surface area contributed by atoms with Crippen molar-refractivity contribution in [1.82, 2.24) is 4.98 Å². The zero-order chi connectivity index (χ0) is 19.8. The molecule has 0 atom stereocenters. The van der Waals surface area contributed by atoms with Gasteiger partial charge in [0.15, 0.2) is 0 Å². The van der Waals surface area contributed by atoms with Gasteiger partial charge in [-0.05, 0) is 48.5 Å². The molecule has 0 saturated heterocycles. The molecule has 0 radical (unpaired) electrons. The van der Waals surface area contributed by atoms with E-state index in [1.165, 1.54) is 18.2 Å². The number of aliphatic imine (C=N–C) groups is 1. The predicted octanol–water partition coefficient (Wildman–Crippen LogP) is 5.99. The topological polar surface area (TPSA) is 82.8 Å². The third kappa shape index (κ3) is 7.02. The largest absolute Gasteiger partial charge is 0.507 e. The van der Waals surface area contributed by atoms with Crippen LogP contribution < -0.4 is 0 Å². The predicted molar refractivity (Wildman–Crippen MR) is 111 cm³/mol. The Bertz CT molecular complexity index is 946. The summed E-state index contributed by atoms with van der Waals surface area (Å²) in [6, 6.07) is 13.0. The molecule has 138 valence electrons. The van der Waals surface area contributed by atoms with Gasteiger partial charge >= 0.3 is 5.97 Å². The van der Waals surface area contributed by atoms with E-state index in [4.69, 9.17) is 28.3 Å². The number of nitrogens with zero attached hydrogens (tertiary/aromatic N) is 2. The van der Waals surface area contributed by atoms with Crippen molar-refractivity contribution in [1.29, 1.82) is 0 Å². The van der Waals surface area contributed by atoms with E-state index in [-0.39, 0.29) is 11.3 Å². The zero-order valence-electron chi connectivity index (χ0n) is 13.7. The van der Waals surface area contributed by atoms with Gasteiger partial charge in [-0.3, -0.25) is 9.98 Å². The minimum absolute atomic E-state index is 0.0995. The Balaban J connectivity index is 0.000000208. The molecule has 2 aromatic carbocycles. The Morgan fingerprint density at radius 2 is 1.81 bits per heavy atom. The summed E-state index contributed by atoms with van der Waals surface area (Å²) < 4.78 is 0.901. The number of carbonyl (C=O) groups is 1. The summed E-state index contributed by atoms with van der Waals surface area (Å²) in [4.78, 5) is 18.5. The van der Waals surface area contributed by atoms with E-state index < -0.39 is 5.97 Å². The molecule has 0 aliphatic heterocycles. The second-order valence-electron chi connectivity index (χ2n) is 5.14. The summed E-state index contributed by atoms with van der Waals surface area (Å²) in [5.41, 5.74) is 1.52. The zero-order valence-corrected chi connectivity index (χ0v) is 16.8. The van der Waals surface area contributed by atoms with Crippen LogP contribution in [0.1, 0.15) is 15.9 Å². The summed E-state index contributed by atoms with van der Waals surface area (Å²) in [6.45, 7) is 0. The highest BCUT2D eigenvalue weighted by molar-refractivity contribution is 9.10. The van der Waals surface area contributed by atoms with Crippen molar-refractivity contribution in [3.8, 4) is 5.75 Å². The van der Waals surface area contributed by atoms with Crippen LogP contribution in [0.25, 0.3) is 0 Å². The molecular weight excluding hydrogens is 455 g/mol. The lowest BCUT2D eigenvalue weighted by atomic mass is 10.2. The molecule has 5 nitrogen and oxygen atoms in total. The molecule has 0 amide bonds. The van der Waals surface area contributed by atoms with Crippen LogP contribution in [0.2, 0.25) is 10.0 Å². The summed E-state index contributed by atoms with van der Waals surface area (Å²) in [7, 11) is 0. The van der Waals surface area contributed by atoms with Crippen molar-refractivity contribution in [3.63, 3.8) is 0 Å². The molecule has 1 aromatic heterocycles. The maximum atomic E-state index is 10.4. The molecule has 3 aromatic rings. The van der Waals surface area contributed by atoms with Gasteiger partial charge in [0.2, 0.25) is 0 Å². The van der Waals surface area contributed by atoms with Crippen LogP contribution in [-0.2, 0) is 0 Å². The van der Waals surface area contributed by atoms with Crippen molar-refractivity contribution in [2.45, 2.75) is 0 Å². The summed E-state index contributed by atoms with van der Waals surface area (Å²) in [5.74, 6) is -0.828. The van der Waals surface area contributed by atoms with Crippen LogP contribution in [0.5, 0.6) is 5.75 Å². The molecule has 1 heterocycles. The molecule has 0 aliphatic rings. The monoisotopic (exact) mass is 466 g/mol. The van der Waals surface area contributed by atoms with E-state index in [0.717, 1.165) is 10.2 Å². The van der Waals surface area contributed by atoms with Gasteiger partial charge in [0.05, 0.1) is 17.4 Å². The lowest BCUT2D eigenvalue weighted by Crippen LogP contribution is -1.95. The molecule has 0 spiro atoms. The smallest absolute Gasteiger partial charge is 0.335 e. The normalized spacial score (nSPS) is 10.3. The van der Waals surface area contributed by atoms with Gasteiger partial charge in [0, 0.05) is 32.5 Å². The summed E-state index contributed by atoms with van der Waals surface area (Å²) in [5, 5.41) is 18.8. The standard InChI is InChI=1S/C12H9BrN2O.C7H4Cl2O2/c13-10-3-4-12(16)9(6-10)7-15-11-2-1-5-14-8-11;8-5-1-4(7(10)11)2-6(9)3-5/h1-8,16H;1-3H,(H,10,11). The first kappa shape index (κ1) is 20.9. The van der Waals surface area contributed by atoms with Gasteiger partial charge in [-0.2, -0.15) is 0 Å². The van der Waals surface area contributed by atoms with Crippen molar-refractivity contribution >= 4 is 57.0 Å². The third-order valence-electron chi connectivity index (χ3n) is 3.10. The molecule has 3 rings (SSSR count). The maximum absolute atomic E-state index is 10.4. The summed E-state index contributed by atoms with van der Waals surface area (Å²) >= 11 is 14.4. The highest BCUT2D eigenvalue weighted by Gasteiger charge is 2.04. The number of hydrogen-bond acceptors (Lipinski definition) is 4. The van der Waals surface area contributed by atoms with Gasteiger partial charge < -0.3 is 10.2 Å². The van der Waals surface area contributed by atoms with E-state index >= 15 is 0 Å². The van der Waals surface area contributed by atoms with Gasteiger partial charge in [-0.1, -0.05) is 39.1 Å². The Labute approximate surface area is 174 Å². The van der Waals surface area contributed by atoms with Crippen LogP contribution in [0.4, 0.5) is 5.69 Å². The quantitative estimate of drug-likeness (QED) is 0.463. The second-order valence-corrected chi connectivity index (χ2v) is 6.92. The molecule has 0 saturated carbocycles. The Hall–Kier alpha value is -2.41. The van der Waals surface area contributed by atoms with Crippen molar-refractivity contribution in [2.24, 2.45) is 4.99 Å². The minimum atomic E-state index is -1.03. The van der Waals surface area contributed by atoms with Crippen LogP contribution in [0.15, 0.2) is 70.4 Å². The van der Waals surface area contributed by atoms with Crippen LogP contribution in [0, 0.1) is 0 Å². The summed E-state index contributed by atoms with van der Waals surface area (Å²) in [6.07, 6.45) is 4.96. The first-order valence-electron chi connectivity index (χ1n) is 7.47. The average Bonchev–Trinajstić information content (AvgIpc) is 2.63. The van der Waals surface area contributed by atoms with Crippen LogP contribution >= 0.6 is 39.1 Å². The number of carboxylic acid groups (broad SMARTS) is 1. The minimum Gasteiger partial charge on any atom is -0.507 e. The molecule has 0 fully saturated rings. The fraction of sp³-hybridized carbons (Fsp3) is 0. The molecule has 0 aliphatic carbocycles. The molecule has 0 bridgehead atoms. The molecule has 0 unspecified atom stereocenters. The fourth-order valence-corrected chi connectivity index (χ4v) is 2.79. The number of aromatic nitrogens is 1. The number of carboxylic acids is 1. The first-order valence-corrected chi connectivity index (χ1v) is 9.02. The highest BCUT2D eigenvalue weighted by atomic mass is 79.9. The van der Waals surface area contributed by atoms with Gasteiger partial charge in [-0.15, -0.1) is 0 Å². The Morgan fingerprint density at radius 1 is 1.11 bits per heavy atom. The number of aromatic hydroxyl groups is 1. The SMILES string of the molecule is O=C(O)c1cc(Cl)cc(Cl)c1.Oc1ccc(Br)cc1C=Nc1cccnc1. The van der Waals surface area contributed by atoms with E-state index in [1.54, 1.807) is 36.8 Å². The van der Waals surface area contributed by atoms with Crippen molar-refractivity contribution < 1.29 is 15.0 Å². The van der Waals surface area contributed by atoms with Crippen LogP contribution in [0.3, 0.4) is 0 Å². The average molecular weight is 468 g/mol. The van der Waals surface area contributed by atoms with E-state index in [0.29, 0.717) is 15.6 Å². The fourth-order valence-electron chi connectivity index (χ4n) is 1.88. The number of phenolic OH excluding ortho intramolecular Hbond substituents is 1. The molecule has 2 N–H and O–H groups in total. The lowest BCUT2D eigenvalue weighted by Gasteiger charge is -1.98. The number of rotatable bonds is 3. The number of benzene rings is 2. The Kier molecular flexibility index (Phi) is 7.79. The van der Waals surface area contributed by atoms with Gasteiger partial charge in [0.1, 0.15) is 5.75 Å². The number of aromatic carboxylic acids is 1. The van der Waals surface area contributed by atoms with Crippen LogP contribution in [-0.4, -0.2) is 27.4 Å². The lowest BCUT2D eigenvalue weighted by molar-refractivity contribution is 0.0697. The second kappa shape index (κ2) is 10.1. The van der Waals surface area contributed by atoms with Gasteiger partial charge in [-0.25, -0.2) is 4.79 Å². The number of halogens is 3. The molecule has 8 heteroatoms. The van der Waals surface area contributed by atoms with Gasteiger partial charge in [0.25, 0.3) is 0 Å². The molecule has 27 heavy (non-hydrogen) atoms. The van der Waals surface area contributed by atoms with E-state index in [9.17, 15) is 9.90 Å². The third-order valence-corrected chi connectivity index (χ3v) is 4.03.